The lowest BCUT2D eigenvalue weighted by Crippen LogP contribution is -2.34. The van der Waals surface area contributed by atoms with E-state index in [1.165, 1.54) is 0 Å². The molecule has 25 heavy (non-hydrogen) atoms. The summed E-state index contributed by atoms with van der Waals surface area (Å²) in [7, 11) is 3.14. The van der Waals surface area contributed by atoms with Gasteiger partial charge in [-0.15, -0.1) is 0 Å². The first-order chi connectivity index (χ1) is 12.2. The minimum atomic E-state index is -0.178. The van der Waals surface area contributed by atoms with Gasteiger partial charge in [-0.1, -0.05) is 6.07 Å². The maximum absolute atomic E-state index is 12.5. The zero-order valence-electron chi connectivity index (χ0n) is 14.3. The van der Waals surface area contributed by atoms with Gasteiger partial charge in [0, 0.05) is 49.1 Å². The van der Waals surface area contributed by atoms with Gasteiger partial charge >= 0.3 is 6.03 Å². The number of likely N-dealkylation sites (tertiary alicyclic amines) is 1. The molecule has 0 saturated carbocycles. The maximum atomic E-state index is 12.5. The Labute approximate surface area is 146 Å². The van der Waals surface area contributed by atoms with E-state index in [4.69, 9.17) is 14.2 Å². The fraction of sp³-hybridized carbons (Fsp3) is 0.333. The summed E-state index contributed by atoms with van der Waals surface area (Å²) in [6, 6.07) is 10.6. The first-order valence-corrected chi connectivity index (χ1v) is 8.04. The average molecular weight is 343 g/mol. The van der Waals surface area contributed by atoms with Crippen molar-refractivity contribution in [2.45, 2.75) is 12.5 Å². The standard InChI is InChI=1S/C18H21N3O4/c1-23-15-9-13(10-16(11-15)24-2)20-18(22)21-8-6-14(12-21)25-17-5-3-4-7-19-17/h3-5,7,9-11,14H,6,8,12H2,1-2H3,(H,20,22)/t14-/m0/s1. The van der Waals surface area contributed by atoms with Crippen LogP contribution in [0, 0.1) is 0 Å². The predicted octanol–water partition coefficient (Wildman–Crippen LogP) is 2.78. The molecule has 0 aliphatic carbocycles. The second-order valence-electron chi connectivity index (χ2n) is 5.67. The summed E-state index contributed by atoms with van der Waals surface area (Å²) in [5.41, 5.74) is 0.621. The van der Waals surface area contributed by atoms with E-state index < -0.39 is 0 Å². The summed E-state index contributed by atoms with van der Waals surface area (Å²) in [6.07, 6.45) is 2.40. The molecule has 1 fully saturated rings. The lowest BCUT2D eigenvalue weighted by Gasteiger charge is -2.18. The summed E-state index contributed by atoms with van der Waals surface area (Å²) in [6.45, 7) is 1.15. The highest BCUT2D eigenvalue weighted by atomic mass is 16.5. The normalized spacial score (nSPS) is 16.4. The average Bonchev–Trinajstić information content (AvgIpc) is 3.10. The zero-order chi connectivity index (χ0) is 17.6. The van der Waals surface area contributed by atoms with Crippen LogP contribution in [-0.4, -0.2) is 49.3 Å². The number of nitrogens with one attached hydrogen (secondary N) is 1. The van der Waals surface area contributed by atoms with Crippen molar-refractivity contribution in [1.82, 2.24) is 9.88 Å². The molecule has 7 nitrogen and oxygen atoms in total. The lowest BCUT2D eigenvalue weighted by molar-refractivity contribution is 0.190. The fourth-order valence-corrected chi connectivity index (χ4v) is 2.68. The number of ether oxygens (including phenoxy) is 3. The van der Waals surface area contributed by atoms with Crippen LogP contribution >= 0.6 is 0 Å². The van der Waals surface area contributed by atoms with Crippen LogP contribution in [0.25, 0.3) is 0 Å². The number of hydrogen-bond donors (Lipinski definition) is 1. The predicted molar refractivity (Wildman–Crippen MR) is 93.4 cm³/mol. The minimum absolute atomic E-state index is 0.0551. The molecular formula is C18H21N3O4. The van der Waals surface area contributed by atoms with Gasteiger partial charge < -0.3 is 24.4 Å². The van der Waals surface area contributed by atoms with Crippen molar-refractivity contribution in [2.24, 2.45) is 0 Å². The number of anilines is 1. The largest absolute Gasteiger partial charge is 0.497 e. The maximum Gasteiger partial charge on any atom is 0.321 e. The summed E-state index contributed by atoms with van der Waals surface area (Å²) in [5, 5.41) is 2.87. The topological polar surface area (TPSA) is 72.9 Å². The molecule has 2 amide bonds. The molecular weight excluding hydrogens is 322 g/mol. The Morgan fingerprint density at radius 1 is 1.20 bits per heavy atom. The van der Waals surface area contributed by atoms with Crippen molar-refractivity contribution < 1.29 is 19.0 Å². The third-order valence-electron chi connectivity index (χ3n) is 3.96. The SMILES string of the molecule is COc1cc(NC(=O)N2CC[C@H](Oc3ccccn3)C2)cc(OC)c1. The zero-order valence-corrected chi connectivity index (χ0v) is 14.3. The molecule has 3 rings (SSSR count). The third-order valence-corrected chi connectivity index (χ3v) is 3.96. The number of nitrogens with zero attached hydrogens (tertiary/aromatic N) is 2. The van der Waals surface area contributed by atoms with Crippen LogP contribution in [0.15, 0.2) is 42.6 Å². The summed E-state index contributed by atoms with van der Waals surface area (Å²) in [5.74, 6) is 1.81. The van der Waals surface area contributed by atoms with Crippen LogP contribution in [0.5, 0.6) is 17.4 Å². The van der Waals surface area contributed by atoms with E-state index in [0.717, 1.165) is 6.42 Å². The number of carbonyl (C=O) groups excluding carboxylic acids is 1. The van der Waals surface area contributed by atoms with Crippen LogP contribution in [-0.2, 0) is 0 Å². The van der Waals surface area contributed by atoms with E-state index in [1.54, 1.807) is 43.5 Å². The number of carbonyl (C=O) groups is 1. The van der Waals surface area contributed by atoms with Crippen LogP contribution in [0.4, 0.5) is 10.5 Å². The molecule has 1 atom stereocenters. The highest BCUT2D eigenvalue weighted by Gasteiger charge is 2.28. The molecule has 1 aromatic heterocycles. The Morgan fingerprint density at radius 2 is 1.96 bits per heavy atom. The first-order valence-electron chi connectivity index (χ1n) is 8.04. The number of urea groups is 1. The van der Waals surface area contributed by atoms with Gasteiger partial charge in [-0.3, -0.25) is 0 Å². The molecule has 2 heterocycles. The van der Waals surface area contributed by atoms with Crippen molar-refractivity contribution in [3.63, 3.8) is 0 Å². The number of rotatable bonds is 5. The Hall–Kier alpha value is -2.96. The molecule has 0 unspecified atom stereocenters. The highest BCUT2D eigenvalue weighted by molar-refractivity contribution is 5.90. The molecule has 0 spiro atoms. The number of amides is 2. The summed E-state index contributed by atoms with van der Waals surface area (Å²) in [4.78, 5) is 18.3. The first kappa shape index (κ1) is 16.9. The third kappa shape index (κ3) is 4.32. The van der Waals surface area contributed by atoms with Gasteiger partial charge in [0.2, 0.25) is 5.88 Å². The second-order valence-corrected chi connectivity index (χ2v) is 5.67. The van der Waals surface area contributed by atoms with Gasteiger partial charge in [0.1, 0.15) is 17.6 Å². The number of methoxy groups -OCH3 is 2. The van der Waals surface area contributed by atoms with Gasteiger partial charge in [0.25, 0.3) is 0 Å². The van der Waals surface area contributed by atoms with Gasteiger partial charge in [-0.25, -0.2) is 9.78 Å². The number of benzene rings is 1. The molecule has 1 aromatic carbocycles. The fourth-order valence-electron chi connectivity index (χ4n) is 2.68. The Bertz CT molecular complexity index is 701. The van der Waals surface area contributed by atoms with Crippen molar-refractivity contribution in [1.29, 1.82) is 0 Å². The number of pyridine rings is 1. The molecule has 0 bridgehead atoms. The van der Waals surface area contributed by atoms with Crippen molar-refractivity contribution in [2.75, 3.05) is 32.6 Å². The minimum Gasteiger partial charge on any atom is -0.497 e. The van der Waals surface area contributed by atoms with Crippen LogP contribution in [0.2, 0.25) is 0 Å². The number of hydrogen-bond acceptors (Lipinski definition) is 5. The quantitative estimate of drug-likeness (QED) is 0.904. The van der Waals surface area contributed by atoms with E-state index in [0.29, 0.717) is 36.2 Å². The van der Waals surface area contributed by atoms with Crippen molar-refractivity contribution >= 4 is 11.7 Å². The van der Waals surface area contributed by atoms with Gasteiger partial charge in [-0.2, -0.15) is 0 Å². The Balaban J connectivity index is 1.59. The molecule has 1 saturated heterocycles. The van der Waals surface area contributed by atoms with Crippen LogP contribution < -0.4 is 19.5 Å². The Morgan fingerprint density at radius 3 is 2.60 bits per heavy atom. The van der Waals surface area contributed by atoms with E-state index in [2.05, 4.69) is 10.3 Å². The Kier molecular flexibility index (Phi) is 5.23. The summed E-state index contributed by atoms with van der Waals surface area (Å²) < 4.78 is 16.2. The molecule has 1 aliphatic rings. The molecule has 132 valence electrons. The summed E-state index contributed by atoms with van der Waals surface area (Å²) >= 11 is 0. The second kappa shape index (κ2) is 7.74. The smallest absolute Gasteiger partial charge is 0.321 e. The van der Waals surface area contributed by atoms with E-state index >= 15 is 0 Å². The van der Waals surface area contributed by atoms with Crippen molar-refractivity contribution in [3.8, 4) is 17.4 Å². The van der Waals surface area contributed by atoms with Gasteiger partial charge in [0.15, 0.2) is 0 Å². The van der Waals surface area contributed by atoms with Gasteiger partial charge in [-0.05, 0) is 6.07 Å². The van der Waals surface area contributed by atoms with Gasteiger partial charge in [0.05, 0.1) is 20.8 Å². The van der Waals surface area contributed by atoms with Crippen molar-refractivity contribution in [3.05, 3.63) is 42.6 Å². The molecule has 7 heteroatoms. The highest BCUT2D eigenvalue weighted by Crippen LogP contribution is 2.26. The van der Waals surface area contributed by atoms with E-state index in [1.807, 2.05) is 18.2 Å². The molecule has 1 N–H and O–H groups in total. The van der Waals surface area contributed by atoms with Crippen LogP contribution in [0.1, 0.15) is 6.42 Å². The molecule has 2 aromatic rings. The van der Waals surface area contributed by atoms with E-state index in [9.17, 15) is 4.79 Å². The monoisotopic (exact) mass is 343 g/mol. The van der Waals surface area contributed by atoms with Crippen LogP contribution in [0.3, 0.4) is 0 Å². The lowest BCUT2D eigenvalue weighted by atomic mass is 10.3. The van der Waals surface area contributed by atoms with E-state index in [-0.39, 0.29) is 12.1 Å². The molecule has 0 radical (unpaired) electrons. The molecule has 1 aliphatic heterocycles. The number of aromatic nitrogens is 1.